The summed E-state index contributed by atoms with van der Waals surface area (Å²) in [6.07, 6.45) is 3.24. The topological polar surface area (TPSA) is 110 Å². The average molecular weight is 337 g/mol. The Kier molecular flexibility index (Phi) is 7.74. The minimum Gasteiger partial charge on any atom is -0.390 e. The van der Waals surface area contributed by atoms with E-state index in [4.69, 9.17) is 9.92 Å². The largest absolute Gasteiger partial charge is 0.390 e. The van der Waals surface area contributed by atoms with Gasteiger partial charge in [-0.15, -0.1) is 0 Å². The van der Waals surface area contributed by atoms with E-state index in [1.807, 2.05) is 13.8 Å². The van der Waals surface area contributed by atoms with Crippen LogP contribution < -0.4 is 5.73 Å². The minimum atomic E-state index is -3.67. The van der Waals surface area contributed by atoms with Crippen molar-refractivity contribution in [1.29, 1.82) is 0 Å². The smallest absolute Gasteiger partial charge is 0.264 e. The zero-order valence-corrected chi connectivity index (χ0v) is 14.6. The molecular weight excluding hydrogens is 306 g/mol. The number of nitrogens with two attached hydrogens (primary N) is 1. The third-order valence-corrected chi connectivity index (χ3v) is 4.85. The first-order valence-electron chi connectivity index (χ1n) is 8.11. The summed E-state index contributed by atoms with van der Waals surface area (Å²) in [4.78, 5) is 0. The maximum Gasteiger partial charge on any atom is 0.264 e. The minimum absolute atomic E-state index is 0.000579. The molecule has 1 aliphatic rings. The first-order valence-corrected chi connectivity index (χ1v) is 9.93. The summed E-state index contributed by atoms with van der Waals surface area (Å²) in [5, 5.41) is 20.4. The number of hydrogen-bond donors (Lipinski definition) is 3. The van der Waals surface area contributed by atoms with Crippen molar-refractivity contribution in [3.8, 4) is 0 Å². The van der Waals surface area contributed by atoms with Gasteiger partial charge in [-0.3, -0.25) is 4.18 Å². The van der Waals surface area contributed by atoms with Crippen LogP contribution in [0.3, 0.4) is 0 Å². The van der Waals surface area contributed by atoms with Crippen LogP contribution in [0.25, 0.3) is 0 Å². The van der Waals surface area contributed by atoms with Crippen molar-refractivity contribution >= 4 is 10.1 Å². The molecule has 0 bridgehead atoms. The van der Waals surface area contributed by atoms with E-state index in [-0.39, 0.29) is 11.8 Å². The second-order valence-corrected chi connectivity index (χ2v) is 8.53. The lowest BCUT2D eigenvalue weighted by molar-refractivity contribution is -0.0427. The maximum atomic E-state index is 11.5. The molecule has 0 amide bonds. The molecule has 4 atom stereocenters. The van der Waals surface area contributed by atoms with E-state index in [9.17, 15) is 18.6 Å². The molecule has 1 rings (SSSR count). The van der Waals surface area contributed by atoms with Crippen molar-refractivity contribution in [2.75, 3.05) is 6.26 Å². The van der Waals surface area contributed by atoms with E-state index in [1.54, 1.807) is 0 Å². The highest BCUT2D eigenvalue weighted by Crippen LogP contribution is 2.31. The van der Waals surface area contributed by atoms with Crippen LogP contribution >= 0.6 is 0 Å². The molecular formula is C15H31NO5S. The van der Waals surface area contributed by atoms with Crippen LogP contribution in [0.1, 0.15) is 52.4 Å². The van der Waals surface area contributed by atoms with Gasteiger partial charge in [-0.25, -0.2) is 0 Å². The van der Waals surface area contributed by atoms with Gasteiger partial charge in [-0.2, -0.15) is 8.42 Å². The Morgan fingerprint density at radius 1 is 1.18 bits per heavy atom. The third-order valence-electron chi connectivity index (χ3n) is 4.28. The quantitative estimate of drug-likeness (QED) is 0.570. The monoisotopic (exact) mass is 337 g/mol. The molecule has 1 fully saturated rings. The van der Waals surface area contributed by atoms with Crippen LogP contribution in [-0.2, 0) is 14.3 Å². The van der Waals surface area contributed by atoms with Crippen molar-refractivity contribution in [2.45, 2.75) is 76.7 Å². The van der Waals surface area contributed by atoms with Crippen LogP contribution in [0.4, 0.5) is 0 Å². The summed E-state index contributed by atoms with van der Waals surface area (Å²) in [5.74, 6) is 0.209. The fraction of sp³-hybridized carbons (Fsp3) is 1.00. The fourth-order valence-electron chi connectivity index (χ4n) is 3.19. The molecule has 0 radical (unpaired) electrons. The molecule has 0 aliphatic heterocycles. The Morgan fingerprint density at radius 3 is 2.18 bits per heavy atom. The van der Waals surface area contributed by atoms with Crippen molar-refractivity contribution in [1.82, 2.24) is 0 Å². The van der Waals surface area contributed by atoms with Gasteiger partial charge in [0.25, 0.3) is 10.1 Å². The molecule has 0 aromatic carbocycles. The summed E-state index contributed by atoms with van der Waals surface area (Å²) < 4.78 is 28.3. The molecule has 0 saturated heterocycles. The second kappa shape index (κ2) is 8.59. The van der Waals surface area contributed by atoms with E-state index >= 15 is 0 Å². The van der Waals surface area contributed by atoms with Crippen LogP contribution in [0.2, 0.25) is 0 Å². The molecule has 0 heterocycles. The second-order valence-electron chi connectivity index (χ2n) is 6.93. The van der Waals surface area contributed by atoms with Crippen LogP contribution in [0.15, 0.2) is 0 Å². The Hall–Kier alpha value is -0.210. The molecule has 4 N–H and O–H groups in total. The van der Waals surface area contributed by atoms with E-state index in [0.29, 0.717) is 6.42 Å². The standard InChI is InChI=1S/C15H31NO5S/c1-10(2)9-12(17)14(18)13(16)15(21-22(3,19)20)11-7-5-4-6-8-11/h10-15,17-18H,4-9,16H2,1-3H3/t12-,13-,14-,15?/m0/s1. The zero-order valence-electron chi connectivity index (χ0n) is 13.8. The van der Waals surface area contributed by atoms with E-state index in [0.717, 1.165) is 38.4 Å². The molecule has 6 nitrogen and oxygen atoms in total. The molecule has 7 heteroatoms. The molecule has 1 saturated carbocycles. The highest BCUT2D eigenvalue weighted by molar-refractivity contribution is 7.86. The van der Waals surface area contributed by atoms with E-state index in [2.05, 4.69) is 0 Å². The van der Waals surface area contributed by atoms with Crippen molar-refractivity contribution in [3.05, 3.63) is 0 Å². The van der Waals surface area contributed by atoms with Gasteiger partial charge in [0.1, 0.15) is 0 Å². The van der Waals surface area contributed by atoms with E-state index < -0.39 is 34.5 Å². The molecule has 22 heavy (non-hydrogen) atoms. The lowest BCUT2D eigenvalue weighted by atomic mass is 9.80. The van der Waals surface area contributed by atoms with Crippen LogP contribution in [-0.4, -0.2) is 49.2 Å². The van der Waals surface area contributed by atoms with Gasteiger partial charge in [0.05, 0.1) is 30.6 Å². The molecule has 0 aromatic heterocycles. The highest BCUT2D eigenvalue weighted by Gasteiger charge is 2.38. The first-order chi connectivity index (χ1) is 10.1. The van der Waals surface area contributed by atoms with Crippen LogP contribution in [0, 0.1) is 11.8 Å². The number of aliphatic hydroxyl groups excluding tert-OH is 2. The van der Waals surface area contributed by atoms with Gasteiger partial charge < -0.3 is 15.9 Å². The summed E-state index contributed by atoms with van der Waals surface area (Å²) in [5.41, 5.74) is 6.08. The number of rotatable bonds is 8. The van der Waals surface area contributed by atoms with Gasteiger partial charge in [0.15, 0.2) is 0 Å². The SMILES string of the molecule is CC(C)C[C@H](O)[C@H](O)[C@H](N)C(OS(C)(=O)=O)C1CCCCC1. The summed E-state index contributed by atoms with van der Waals surface area (Å²) in [6.45, 7) is 3.88. The van der Waals surface area contributed by atoms with Gasteiger partial charge in [0.2, 0.25) is 0 Å². The van der Waals surface area contributed by atoms with E-state index in [1.165, 1.54) is 0 Å². The maximum absolute atomic E-state index is 11.5. The van der Waals surface area contributed by atoms with Gasteiger partial charge in [-0.1, -0.05) is 33.1 Å². The molecule has 1 aliphatic carbocycles. The third kappa shape index (κ3) is 6.50. The van der Waals surface area contributed by atoms with Gasteiger partial charge in [-0.05, 0) is 31.1 Å². The normalized spacial score (nSPS) is 23.2. The highest BCUT2D eigenvalue weighted by atomic mass is 32.2. The van der Waals surface area contributed by atoms with Crippen molar-refractivity contribution in [3.63, 3.8) is 0 Å². The Balaban J connectivity index is 2.83. The van der Waals surface area contributed by atoms with Crippen molar-refractivity contribution in [2.24, 2.45) is 17.6 Å². The average Bonchev–Trinajstić information content (AvgIpc) is 2.42. The van der Waals surface area contributed by atoms with Gasteiger partial charge in [0, 0.05) is 0 Å². The molecule has 0 aromatic rings. The number of hydrogen-bond acceptors (Lipinski definition) is 6. The predicted molar refractivity (Wildman–Crippen MR) is 85.7 cm³/mol. The van der Waals surface area contributed by atoms with Gasteiger partial charge >= 0.3 is 0 Å². The van der Waals surface area contributed by atoms with Crippen LogP contribution in [0.5, 0.6) is 0 Å². The van der Waals surface area contributed by atoms with Crippen molar-refractivity contribution < 1.29 is 22.8 Å². The molecule has 132 valence electrons. The Labute approximate surface area is 134 Å². The number of aliphatic hydroxyl groups is 2. The first kappa shape index (κ1) is 19.8. The summed E-state index contributed by atoms with van der Waals surface area (Å²) in [6, 6.07) is -0.924. The summed E-state index contributed by atoms with van der Waals surface area (Å²) >= 11 is 0. The Morgan fingerprint density at radius 2 is 1.73 bits per heavy atom. The predicted octanol–water partition coefficient (Wildman–Crippen LogP) is 1.01. The fourth-order valence-corrected chi connectivity index (χ4v) is 3.88. The lowest BCUT2D eigenvalue weighted by Gasteiger charge is -2.36. The zero-order chi connectivity index (χ0) is 16.9. The summed E-state index contributed by atoms with van der Waals surface area (Å²) in [7, 11) is -3.67. The molecule has 0 spiro atoms. The Bertz CT molecular complexity index is 420. The lowest BCUT2D eigenvalue weighted by Crippen LogP contribution is -2.54. The molecule has 1 unspecified atom stereocenters.